The van der Waals surface area contributed by atoms with E-state index in [-0.39, 0.29) is 37.4 Å². The van der Waals surface area contributed by atoms with Gasteiger partial charge in [-0.3, -0.25) is 14.4 Å². The molecule has 0 aliphatic carbocycles. The zero-order valence-electron chi connectivity index (χ0n) is 22.2. The predicted molar refractivity (Wildman–Crippen MR) is 127 cm³/mol. The quantitative estimate of drug-likeness (QED) is 0.292. The van der Waals surface area contributed by atoms with E-state index in [9.17, 15) is 40.7 Å². The lowest BCUT2D eigenvalue weighted by molar-refractivity contribution is -0.157. The van der Waals surface area contributed by atoms with Gasteiger partial charge in [-0.1, -0.05) is 6.92 Å². The number of carbonyl (C=O) groups is 3. The van der Waals surface area contributed by atoms with Crippen LogP contribution < -0.4 is 5.32 Å². The molecule has 2 amide bonds. The number of carbonyl (C=O) groups excluding carboxylic acids is 3. The summed E-state index contributed by atoms with van der Waals surface area (Å²) in [6.07, 6.45) is -5.89. The second-order valence-electron chi connectivity index (χ2n) is 10.6. The Morgan fingerprint density at radius 2 is 1.65 bits per heavy atom. The van der Waals surface area contributed by atoms with Gasteiger partial charge in [0.15, 0.2) is 17.5 Å². The van der Waals surface area contributed by atoms with E-state index in [1.54, 1.807) is 20.8 Å². The van der Waals surface area contributed by atoms with Gasteiger partial charge >= 0.3 is 12.1 Å². The molecule has 1 aromatic carbocycles. The number of nitrogens with one attached hydrogen (secondary N) is 1. The number of ether oxygens (including phenoxy) is 1. The molecular weight excluding hydrogens is 548 g/mol. The van der Waals surface area contributed by atoms with Gasteiger partial charge in [0, 0.05) is 37.5 Å². The molecule has 3 rings (SSSR count). The lowest BCUT2D eigenvalue weighted by Crippen LogP contribution is -2.46. The largest absolute Gasteiger partial charge is 0.460 e. The molecule has 2 atom stereocenters. The number of hydrogen-bond donors (Lipinski definition) is 1. The Balaban J connectivity index is 1.75. The minimum absolute atomic E-state index is 0.0925. The lowest BCUT2D eigenvalue weighted by atomic mass is 9.99. The molecule has 1 unspecified atom stereocenters. The van der Waals surface area contributed by atoms with E-state index in [4.69, 9.17) is 4.74 Å². The van der Waals surface area contributed by atoms with Crippen molar-refractivity contribution in [3.63, 3.8) is 0 Å². The Hall–Kier alpha value is -3.65. The van der Waals surface area contributed by atoms with Gasteiger partial charge in [0.1, 0.15) is 11.4 Å². The van der Waals surface area contributed by atoms with Crippen molar-refractivity contribution in [2.75, 3.05) is 6.54 Å². The van der Waals surface area contributed by atoms with Gasteiger partial charge in [0.2, 0.25) is 17.6 Å². The van der Waals surface area contributed by atoms with Crippen molar-refractivity contribution in [3.05, 3.63) is 46.8 Å². The van der Waals surface area contributed by atoms with Crippen LogP contribution in [0.3, 0.4) is 0 Å². The Morgan fingerprint density at radius 3 is 2.27 bits per heavy atom. The maximum Gasteiger partial charge on any atom is 0.451 e. The third-order valence-corrected chi connectivity index (χ3v) is 6.02. The van der Waals surface area contributed by atoms with Gasteiger partial charge in [0.05, 0.1) is 13.0 Å². The summed E-state index contributed by atoms with van der Waals surface area (Å²) in [4.78, 5) is 39.3. The number of hydrogen-bond acceptors (Lipinski definition) is 6. The summed E-state index contributed by atoms with van der Waals surface area (Å²) in [6.45, 7) is 5.75. The molecular formula is C25H29F6N5O4. The van der Waals surface area contributed by atoms with E-state index in [0.717, 1.165) is 4.57 Å². The number of halogens is 6. The molecule has 1 aromatic heterocycles. The molecule has 220 valence electrons. The minimum atomic E-state index is -4.72. The number of rotatable bonds is 8. The number of esters is 1. The van der Waals surface area contributed by atoms with Crippen LogP contribution in [0, 0.1) is 23.4 Å². The standard InChI is InChI=1S/C25H29F6N5O4/c1-13(7-21(38)40-24(2,3)4)22(39)32-15(8-14-9-17(27)18(28)11-16(14)26)10-20(37)35-5-6-36-19(12-35)33-34-23(36)25(29,30)31/h9,11,13,15H,5-8,10,12H2,1-4H3,(H,32,39)/t13?,15-/m1/s1. The van der Waals surface area contributed by atoms with Gasteiger partial charge in [-0.25, -0.2) is 13.2 Å². The van der Waals surface area contributed by atoms with Gasteiger partial charge in [-0.15, -0.1) is 10.2 Å². The van der Waals surface area contributed by atoms with Crippen molar-refractivity contribution in [2.24, 2.45) is 5.92 Å². The molecule has 0 saturated carbocycles. The Kier molecular flexibility index (Phi) is 9.14. The maximum absolute atomic E-state index is 14.4. The first-order valence-electron chi connectivity index (χ1n) is 12.4. The predicted octanol–water partition coefficient (Wildman–Crippen LogP) is 3.54. The van der Waals surface area contributed by atoms with E-state index in [1.165, 1.54) is 11.8 Å². The van der Waals surface area contributed by atoms with Crippen LogP contribution in [0.25, 0.3) is 0 Å². The number of nitrogens with zero attached hydrogens (tertiary/aromatic N) is 4. The van der Waals surface area contributed by atoms with Crippen molar-refractivity contribution in [1.29, 1.82) is 0 Å². The first-order chi connectivity index (χ1) is 18.4. The van der Waals surface area contributed by atoms with E-state index < -0.39 is 77.6 Å². The molecule has 1 aliphatic heterocycles. The van der Waals surface area contributed by atoms with Crippen LogP contribution in [0.5, 0.6) is 0 Å². The second kappa shape index (κ2) is 11.8. The second-order valence-corrected chi connectivity index (χ2v) is 10.6. The van der Waals surface area contributed by atoms with Crippen molar-refractivity contribution >= 4 is 17.8 Å². The van der Waals surface area contributed by atoms with Crippen LogP contribution in [0.4, 0.5) is 26.3 Å². The zero-order chi connectivity index (χ0) is 30.0. The first-order valence-corrected chi connectivity index (χ1v) is 12.4. The first kappa shape index (κ1) is 30.9. The smallest absolute Gasteiger partial charge is 0.451 e. The summed E-state index contributed by atoms with van der Waals surface area (Å²) < 4.78 is 87.1. The molecule has 9 nitrogen and oxygen atoms in total. The average molecular weight is 578 g/mol. The fourth-order valence-electron chi connectivity index (χ4n) is 4.15. The van der Waals surface area contributed by atoms with Gasteiger partial charge < -0.3 is 19.5 Å². The van der Waals surface area contributed by atoms with E-state index in [0.29, 0.717) is 12.1 Å². The number of aromatic nitrogens is 3. The molecule has 0 fully saturated rings. The van der Waals surface area contributed by atoms with Crippen molar-refractivity contribution in [3.8, 4) is 0 Å². The molecule has 2 aromatic rings. The summed E-state index contributed by atoms with van der Waals surface area (Å²) in [5.74, 6) is -7.99. The molecule has 2 heterocycles. The number of amides is 2. The normalized spacial score (nSPS) is 15.3. The molecule has 0 saturated heterocycles. The van der Waals surface area contributed by atoms with Gasteiger partial charge in [-0.05, 0) is 38.8 Å². The summed E-state index contributed by atoms with van der Waals surface area (Å²) in [6, 6.07) is -0.182. The van der Waals surface area contributed by atoms with E-state index >= 15 is 0 Å². The zero-order valence-corrected chi connectivity index (χ0v) is 22.2. The average Bonchev–Trinajstić information content (AvgIpc) is 3.25. The topological polar surface area (TPSA) is 106 Å². The minimum Gasteiger partial charge on any atom is -0.460 e. The van der Waals surface area contributed by atoms with Crippen LogP contribution in [0.15, 0.2) is 12.1 Å². The van der Waals surface area contributed by atoms with Crippen molar-refractivity contribution < 1.29 is 45.5 Å². The van der Waals surface area contributed by atoms with Crippen LogP contribution in [0.1, 0.15) is 57.7 Å². The van der Waals surface area contributed by atoms with Crippen LogP contribution in [-0.4, -0.2) is 55.6 Å². The van der Waals surface area contributed by atoms with Crippen molar-refractivity contribution in [2.45, 2.75) is 77.9 Å². The number of fused-ring (bicyclic) bond motifs is 1. The molecule has 1 N–H and O–H groups in total. The van der Waals surface area contributed by atoms with Crippen LogP contribution >= 0.6 is 0 Å². The highest BCUT2D eigenvalue weighted by Crippen LogP contribution is 2.29. The molecule has 0 bridgehead atoms. The highest BCUT2D eigenvalue weighted by molar-refractivity contribution is 5.84. The van der Waals surface area contributed by atoms with Crippen molar-refractivity contribution in [1.82, 2.24) is 25.0 Å². The fourth-order valence-corrected chi connectivity index (χ4v) is 4.15. The van der Waals surface area contributed by atoms with Crippen LogP contribution in [-0.2, 0) is 44.8 Å². The number of alkyl halides is 3. The maximum atomic E-state index is 14.4. The third-order valence-electron chi connectivity index (χ3n) is 6.02. The Morgan fingerprint density at radius 1 is 1.00 bits per heavy atom. The summed E-state index contributed by atoms with van der Waals surface area (Å²) in [5, 5.41) is 9.22. The summed E-state index contributed by atoms with van der Waals surface area (Å²) in [7, 11) is 0. The van der Waals surface area contributed by atoms with E-state index in [1.807, 2.05) is 0 Å². The number of benzene rings is 1. The van der Waals surface area contributed by atoms with Crippen LogP contribution in [0.2, 0.25) is 0 Å². The Bertz CT molecular complexity index is 1270. The fraction of sp³-hybridized carbons (Fsp3) is 0.560. The highest BCUT2D eigenvalue weighted by Gasteiger charge is 2.40. The summed E-state index contributed by atoms with van der Waals surface area (Å²) in [5.41, 5.74) is -1.10. The van der Waals surface area contributed by atoms with Gasteiger partial charge in [-0.2, -0.15) is 13.2 Å². The molecule has 40 heavy (non-hydrogen) atoms. The third kappa shape index (κ3) is 7.94. The monoisotopic (exact) mass is 577 g/mol. The van der Waals surface area contributed by atoms with E-state index in [2.05, 4.69) is 15.5 Å². The molecule has 0 radical (unpaired) electrons. The molecule has 1 aliphatic rings. The molecule has 0 spiro atoms. The summed E-state index contributed by atoms with van der Waals surface area (Å²) >= 11 is 0. The Labute approximate surface area is 225 Å². The molecule has 15 heteroatoms. The SMILES string of the molecule is CC(CC(=O)OC(C)(C)C)C(=O)N[C@@H](CC(=O)N1CCn2c(nnc2C(F)(F)F)C1)Cc1cc(F)c(F)cc1F. The highest BCUT2D eigenvalue weighted by atomic mass is 19.4. The lowest BCUT2D eigenvalue weighted by Gasteiger charge is -2.30. The van der Waals surface area contributed by atoms with Gasteiger partial charge in [0.25, 0.3) is 0 Å².